The highest BCUT2D eigenvalue weighted by Crippen LogP contribution is 2.30. The Bertz CT molecular complexity index is 1010. The number of methoxy groups -OCH3 is 1. The number of nitrogens with zero attached hydrogens (tertiary/aromatic N) is 3. The van der Waals surface area contributed by atoms with Gasteiger partial charge in [-0.2, -0.15) is 0 Å². The fourth-order valence-corrected chi connectivity index (χ4v) is 4.72. The van der Waals surface area contributed by atoms with E-state index in [1.165, 1.54) is 12.1 Å². The average molecular weight is 472 g/mol. The number of hydrogen-bond donors (Lipinski definition) is 0. The third kappa shape index (κ3) is 5.30. The predicted octanol–water partition coefficient (Wildman–Crippen LogP) is 3.12. The number of anilines is 2. The van der Waals surface area contributed by atoms with E-state index >= 15 is 0 Å². The molecule has 0 radical (unpaired) electrons. The normalized spacial score (nSPS) is 14.5. The van der Waals surface area contributed by atoms with Crippen LogP contribution in [-0.4, -0.2) is 65.3 Å². The number of carbonyl (C=O) groups excluding carboxylic acids is 1. The van der Waals surface area contributed by atoms with Crippen molar-refractivity contribution in [1.29, 1.82) is 0 Å². The second kappa shape index (κ2) is 9.32. The van der Waals surface area contributed by atoms with Gasteiger partial charge in [0.05, 0.1) is 24.1 Å². The van der Waals surface area contributed by atoms with Gasteiger partial charge in [-0.3, -0.25) is 9.10 Å². The maximum Gasteiger partial charge on any atom is 0.243 e. The molecular weight excluding hydrogens is 449 g/mol. The van der Waals surface area contributed by atoms with Crippen molar-refractivity contribution in [2.45, 2.75) is 0 Å². The Balaban J connectivity index is 1.67. The molecule has 2 aromatic rings. The molecular formula is C20H23Cl2N3O4S. The van der Waals surface area contributed by atoms with E-state index in [1.54, 1.807) is 18.1 Å². The highest BCUT2D eigenvalue weighted by molar-refractivity contribution is 7.92. The van der Waals surface area contributed by atoms with Crippen LogP contribution in [0, 0.1) is 0 Å². The van der Waals surface area contributed by atoms with Gasteiger partial charge in [0, 0.05) is 36.9 Å². The summed E-state index contributed by atoms with van der Waals surface area (Å²) in [6.45, 7) is 1.98. The van der Waals surface area contributed by atoms with Gasteiger partial charge in [-0.25, -0.2) is 8.42 Å². The summed E-state index contributed by atoms with van der Waals surface area (Å²) in [7, 11) is -2.09. The Morgan fingerprint density at radius 3 is 2.23 bits per heavy atom. The third-order valence-corrected chi connectivity index (χ3v) is 6.59. The van der Waals surface area contributed by atoms with E-state index in [9.17, 15) is 13.2 Å². The molecule has 7 nitrogen and oxygen atoms in total. The lowest BCUT2D eigenvalue weighted by Crippen LogP contribution is -2.52. The van der Waals surface area contributed by atoms with Gasteiger partial charge in [-0.05, 0) is 42.5 Å². The molecule has 2 aromatic carbocycles. The van der Waals surface area contributed by atoms with Gasteiger partial charge in [-0.15, -0.1) is 0 Å². The zero-order valence-corrected chi connectivity index (χ0v) is 19.0. The first-order valence-electron chi connectivity index (χ1n) is 9.28. The molecule has 0 aliphatic carbocycles. The molecule has 0 N–H and O–H groups in total. The van der Waals surface area contributed by atoms with Gasteiger partial charge < -0.3 is 14.5 Å². The molecule has 1 amide bonds. The van der Waals surface area contributed by atoms with Crippen LogP contribution >= 0.6 is 23.2 Å². The standard InChI is InChI=1S/C20H23Cl2N3O4S/c1-29-17-6-4-16(5-7-17)23-9-11-24(12-10-23)20(26)14-25(30(2,27)28)19-8-3-15(21)13-18(19)22/h3-8,13H,9-12,14H2,1-2H3. The number of rotatable bonds is 6. The molecule has 3 rings (SSSR count). The van der Waals surface area contributed by atoms with E-state index in [1.807, 2.05) is 24.3 Å². The second-order valence-corrected chi connectivity index (χ2v) is 9.68. The molecule has 0 aromatic heterocycles. The van der Waals surface area contributed by atoms with Crippen LogP contribution in [0.5, 0.6) is 5.75 Å². The topological polar surface area (TPSA) is 70.2 Å². The summed E-state index contributed by atoms with van der Waals surface area (Å²) < 4.78 is 30.8. The van der Waals surface area contributed by atoms with Crippen LogP contribution in [-0.2, 0) is 14.8 Å². The number of piperazine rings is 1. The summed E-state index contributed by atoms with van der Waals surface area (Å²) in [4.78, 5) is 16.7. The fraction of sp³-hybridized carbons (Fsp3) is 0.350. The predicted molar refractivity (Wildman–Crippen MR) is 120 cm³/mol. The molecule has 0 saturated carbocycles. The maximum atomic E-state index is 12.8. The summed E-state index contributed by atoms with van der Waals surface area (Å²) in [5, 5.41) is 0.559. The van der Waals surface area contributed by atoms with Gasteiger partial charge in [-0.1, -0.05) is 23.2 Å². The molecule has 162 valence electrons. The lowest BCUT2D eigenvalue weighted by Gasteiger charge is -2.37. The molecule has 0 unspecified atom stereocenters. The Hall–Kier alpha value is -2.16. The molecule has 1 saturated heterocycles. The van der Waals surface area contributed by atoms with Crippen LogP contribution in [0.2, 0.25) is 10.0 Å². The van der Waals surface area contributed by atoms with Crippen molar-refractivity contribution in [3.63, 3.8) is 0 Å². The minimum absolute atomic E-state index is 0.171. The fourth-order valence-electron chi connectivity index (χ4n) is 3.29. The van der Waals surface area contributed by atoms with Gasteiger partial charge in [0.2, 0.25) is 15.9 Å². The Morgan fingerprint density at radius 2 is 1.70 bits per heavy atom. The van der Waals surface area contributed by atoms with E-state index in [-0.39, 0.29) is 23.2 Å². The monoisotopic (exact) mass is 471 g/mol. The first-order valence-corrected chi connectivity index (χ1v) is 11.9. The second-order valence-electron chi connectivity index (χ2n) is 6.93. The summed E-state index contributed by atoms with van der Waals surface area (Å²) in [6, 6.07) is 12.2. The van der Waals surface area contributed by atoms with Crippen LogP contribution in [0.1, 0.15) is 0 Å². The molecule has 0 spiro atoms. The van der Waals surface area contributed by atoms with Crippen molar-refractivity contribution >= 4 is 50.5 Å². The molecule has 0 atom stereocenters. The molecule has 10 heteroatoms. The SMILES string of the molecule is COc1ccc(N2CCN(C(=O)CN(c3ccc(Cl)cc3Cl)S(C)(=O)=O)CC2)cc1. The number of hydrogen-bond acceptors (Lipinski definition) is 5. The first kappa shape index (κ1) is 22.5. The summed E-state index contributed by atoms with van der Waals surface area (Å²) in [5.74, 6) is 0.509. The quantitative estimate of drug-likeness (QED) is 0.647. The molecule has 1 heterocycles. The van der Waals surface area contributed by atoms with E-state index in [2.05, 4.69) is 4.90 Å². The van der Waals surface area contributed by atoms with Gasteiger partial charge in [0.25, 0.3) is 0 Å². The lowest BCUT2D eigenvalue weighted by atomic mass is 10.2. The van der Waals surface area contributed by atoms with E-state index in [0.717, 1.165) is 22.0 Å². The molecule has 1 fully saturated rings. The smallest absolute Gasteiger partial charge is 0.243 e. The van der Waals surface area contributed by atoms with Gasteiger partial charge in [0.1, 0.15) is 12.3 Å². The summed E-state index contributed by atoms with van der Waals surface area (Å²) in [5.41, 5.74) is 1.28. The minimum Gasteiger partial charge on any atom is -0.497 e. The Morgan fingerprint density at radius 1 is 1.07 bits per heavy atom. The van der Waals surface area contributed by atoms with E-state index in [0.29, 0.717) is 31.2 Å². The number of benzene rings is 2. The van der Waals surface area contributed by atoms with Crippen molar-refractivity contribution < 1.29 is 17.9 Å². The summed E-state index contributed by atoms with van der Waals surface area (Å²) in [6.07, 6.45) is 1.05. The highest BCUT2D eigenvalue weighted by Gasteiger charge is 2.28. The Labute approximate surface area is 186 Å². The van der Waals surface area contributed by atoms with Crippen LogP contribution < -0.4 is 13.9 Å². The van der Waals surface area contributed by atoms with Crippen molar-refractivity contribution in [3.05, 3.63) is 52.5 Å². The third-order valence-electron chi connectivity index (χ3n) is 4.93. The first-order chi connectivity index (χ1) is 14.2. The van der Waals surface area contributed by atoms with Crippen molar-refractivity contribution in [3.8, 4) is 5.75 Å². The van der Waals surface area contributed by atoms with E-state index < -0.39 is 10.0 Å². The number of halogens is 2. The van der Waals surface area contributed by atoms with Crippen molar-refractivity contribution in [2.75, 3.05) is 55.3 Å². The number of sulfonamides is 1. The zero-order chi connectivity index (χ0) is 21.9. The highest BCUT2D eigenvalue weighted by atomic mass is 35.5. The van der Waals surface area contributed by atoms with Gasteiger partial charge >= 0.3 is 0 Å². The maximum absolute atomic E-state index is 12.8. The number of carbonyl (C=O) groups is 1. The van der Waals surface area contributed by atoms with Gasteiger partial charge in [0.15, 0.2) is 0 Å². The summed E-state index contributed by atoms with van der Waals surface area (Å²) >= 11 is 12.1. The number of amides is 1. The van der Waals surface area contributed by atoms with Crippen LogP contribution in [0.25, 0.3) is 0 Å². The Kier molecular flexibility index (Phi) is 7.00. The lowest BCUT2D eigenvalue weighted by molar-refractivity contribution is -0.129. The zero-order valence-electron chi connectivity index (χ0n) is 16.7. The number of ether oxygens (including phenoxy) is 1. The van der Waals surface area contributed by atoms with E-state index in [4.69, 9.17) is 27.9 Å². The largest absolute Gasteiger partial charge is 0.497 e. The van der Waals surface area contributed by atoms with Crippen LogP contribution in [0.4, 0.5) is 11.4 Å². The molecule has 1 aliphatic heterocycles. The van der Waals surface area contributed by atoms with Crippen molar-refractivity contribution in [2.24, 2.45) is 0 Å². The molecule has 1 aliphatic rings. The van der Waals surface area contributed by atoms with Crippen LogP contribution in [0.3, 0.4) is 0 Å². The average Bonchev–Trinajstić information content (AvgIpc) is 2.72. The molecule has 30 heavy (non-hydrogen) atoms. The van der Waals surface area contributed by atoms with Crippen LogP contribution in [0.15, 0.2) is 42.5 Å². The molecule has 0 bridgehead atoms. The minimum atomic E-state index is -3.71. The van der Waals surface area contributed by atoms with Crippen molar-refractivity contribution in [1.82, 2.24) is 4.90 Å².